The summed E-state index contributed by atoms with van der Waals surface area (Å²) in [4.78, 5) is 28.3. The molecule has 0 bridgehead atoms. The molecule has 0 saturated heterocycles. The van der Waals surface area contributed by atoms with Gasteiger partial charge in [0, 0.05) is 16.9 Å². The Kier molecular flexibility index (Phi) is 6.94. The van der Waals surface area contributed by atoms with Crippen LogP contribution in [0.3, 0.4) is 0 Å². The molecule has 1 aromatic heterocycles. The number of nitrogens with one attached hydrogen (secondary N) is 2. The van der Waals surface area contributed by atoms with Gasteiger partial charge in [0.2, 0.25) is 0 Å². The Hall–Kier alpha value is -3.66. The molecule has 0 fully saturated rings. The molecule has 0 aliphatic rings. The number of anilines is 3. The smallest absolute Gasteiger partial charge is 0.416 e. The minimum atomic E-state index is -4.54. The van der Waals surface area contributed by atoms with Gasteiger partial charge in [-0.1, -0.05) is 17.7 Å². The molecule has 0 aliphatic carbocycles. The number of amides is 1. The number of esters is 1. The van der Waals surface area contributed by atoms with E-state index < -0.39 is 36.0 Å². The summed E-state index contributed by atoms with van der Waals surface area (Å²) in [5.74, 6) is -2.60. The van der Waals surface area contributed by atoms with Crippen LogP contribution in [0.5, 0.6) is 0 Å². The predicted octanol–water partition coefficient (Wildman–Crippen LogP) is 5.43. The average molecular weight is 468 g/mol. The van der Waals surface area contributed by atoms with Gasteiger partial charge in [-0.3, -0.25) is 4.79 Å². The van der Waals surface area contributed by atoms with Gasteiger partial charge in [-0.15, -0.1) is 0 Å². The van der Waals surface area contributed by atoms with Crippen molar-refractivity contribution in [1.82, 2.24) is 4.98 Å². The fourth-order valence-corrected chi connectivity index (χ4v) is 2.72. The molecule has 2 aromatic carbocycles. The van der Waals surface area contributed by atoms with Gasteiger partial charge in [0.1, 0.15) is 17.2 Å². The van der Waals surface area contributed by atoms with Gasteiger partial charge in [-0.25, -0.2) is 14.2 Å². The Morgan fingerprint density at radius 2 is 1.84 bits per heavy atom. The molecule has 6 nitrogen and oxygen atoms in total. The number of ether oxygens (including phenoxy) is 1. The molecule has 0 atom stereocenters. The number of halogens is 5. The molecular weight excluding hydrogens is 454 g/mol. The van der Waals surface area contributed by atoms with E-state index in [1.54, 1.807) is 0 Å². The predicted molar refractivity (Wildman–Crippen MR) is 109 cm³/mol. The number of benzene rings is 2. The van der Waals surface area contributed by atoms with Crippen LogP contribution < -0.4 is 10.6 Å². The third-order valence-electron chi connectivity index (χ3n) is 4.02. The largest absolute Gasteiger partial charge is 0.452 e. The van der Waals surface area contributed by atoms with Crippen LogP contribution in [-0.2, 0) is 15.7 Å². The number of nitrogens with zero attached hydrogens (tertiary/aromatic N) is 1. The Labute approximate surface area is 184 Å². The van der Waals surface area contributed by atoms with Gasteiger partial charge in [-0.05, 0) is 48.5 Å². The number of aromatic nitrogens is 1. The topological polar surface area (TPSA) is 80.3 Å². The first-order chi connectivity index (χ1) is 15.1. The SMILES string of the molecule is O=C(COC(=O)c1cccnc1Nc1cccc(C(F)(F)F)c1)Nc1ccc(Cl)cc1F. The Morgan fingerprint density at radius 3 is 2.56 bits per heavy atom. The zero-order chi connectivity index (χ0) is 23.3. The van der Waals surface area contributed by atoms with Crippen molar-refractivity contribution in [2.75, 3.05) is 17.2 Å². The molecule has 0 saturated carbocycles. The molecule has 0 unspecified atom stereocenters. The Balaban J connectivity index is 1.67. The highest BCUT2D eigenvalue weighted by Crippen LogP contribution is 2.31. The van der Waals surface area contributed by atoms with E-state index in [1.807, 2.05) is 0 Å². The second kappa shape index (κ2) is 9.65. The number of carbonyl (C=O) groups is 2. The van der Waals surface area contributed by atoms with Crippen LogP contribution in [0.25, 0.3) is 0 Å². The number of rotatable bonds is 6. The van der Waals surface area contributed by atoms with Gasteiger partial charge >= 0.3 is 12.1 Å². The van der Waals surface area contributed by atoms with Crippen molar-refractivity contribution in [1.29, 1.82) is 0 Å². The standard InChI is InChI=1S/C21H14ClF4N3O3/c22-13-6-7-17(16(23)10-13)29-18(30)11-32-20(31)15-5-2-8-27-19(15)28-14-4-1-3-12(9-14)21(24,25)26/h1-10H,11H2,(H,27,28)(H,29,30). The average Bonchev–Trinajstić information content (AvgIpc) is 2.74. The van der Waals surface area contributed by atoms with E-state index in [9.17, 15) is 27.2 Å². The summed E-state index contributed by atoms with van der Waals surface area (Å²) in [5, 5.41) is 5.01. The molecule has 0 aliphatic heterocycles. The van der Waals surface area contributed by atoms with E-state index >= 15 is 0 Å². The van der Waals surface area contributed by atoms with Crippen LogP contribution in [-0.4, -0.2) is 23.5 Å². The number of alkyl halides is 3. The van der Waals surface area contributed by atoms with Crippen molar-refractivity contribution >= 4 is 40.7 Å². The first-order valence-electron chi connectivity index (χ1n) is 8.95. The Bertz CT molecular complexity index is 1160. The number of hydrogen-bond donors (Lipinski definition) is 2. The van der Waals surface area contributed by atoms with Gasteiger partial charge in [0.25, 0.3) is 5.91 Å². The number of pyridine rings is 1. The molecule has 1 amide bonds. The molecule has 166 valence electrons. The quantitative estimate of drug-likeness (QED) is 0.373. The second-order valence-corrected chi connectivity index (χ2v) is 6.79. The maximum absolute atomic E-state index is 13.7. The van der Waals surface area contributed by atoms with E-state index in [2.05, 4.69) is 15.6 Å². The van der Waals surface area contributed by atoms with Crippen molar-refractivity contribution in [2.24, 2.45) is 0 Å². The maximum Gasteiger partial charge on any atom is 0.416 e. The van der Waals surface area contributed by atoms with Crippen molar-refractivity contribution in [2.45, 2.75) is 6.18 Å². The van der Waals surface area contributed by atoms with E-state index in [4.69, 9.17) is 16.3 Å². The summed E-state index contributed by atoms with van der Waals surface area (Å²) >= 11 is 5.64. The number of carbonyl (C=O) groups excluding carboxylic acids is 2. The monoisotopic (exact) mass is 467 g/mol. The lowest BCUT2D eigenvalue weighted by atomic mass is 10.2. The van der Waals surface area contributed by atoms with Crippen LogP contribution in [0.15, 0.2) is 60.8 Å². The first-order valence-corrected chi connectivity index (χ1v) is 9.32. The summed E-state index contributed by atoms with van der Waals surface area (Å²) in [5.41, 5.74) is -1.10. The van der Waals surface area contributed by atoms with Crippen molar-refractivity contribution < 1.29 is 31.9 Å². The van der Waals surface area contributed by atoms with E-state index in [1.165, 1.54) is 42.6 Å². The van der Waals surface area contributed by atoms with Gasteiger partial charge in [-0.2, -0.15) is 13.2 Å². The highest BCUT2D eigenvalue weighted by Gasteiger charge is 2.30. The molecule has 0 radical (unpaired) electrons. The maximum atomic E-state index is 13.7. The van der Waals surface area contributed by atoms with E-state index in [0.717, 1.165) is 18.2 Å². The molecule has 11 heteroatoms. The summed E-state index contributed by atoms with van der Waals surface area (Å²) in [6.07, 6.45) is -3.22. The molecule has 2 N–H and O–H groups in total. The first kappa shape index (κ1) is 23.0. The number of hydrogen-bond acceptors (Lipinski definition) is 5. The zero-order valence-electron chi connectivity index (χ0n) is 16.0. The molecule has 3 aromatic rings. The summed E-state index contributed by atoms with van der Waals surface area (Å²) in [7, 11) is 0. The van der Waals surface area contributed by atoms with Crippen LogP contribution in [0.1, 0.15) is 15.9 Å². The third-order valence-corrected chi connectivity index (χ3v) is 4.25. The van der Waals surface area contributed by atoms with Gasteiger partial charge in [0.15, 0.2) is 6.61 Å². The zero-order valence-corrected chi connectivity index (χ0v) is 16.8. The Morgan fingerprint density at radius 1 is 1.06 bits per heavy atom. The van der Waals surface area contributed by atoms with Crippen molar-refractivity contribution in [3.8, 4) is 0 Å². The lowest BCUT2D eigenvalue weighted by Gasteiger charge is -2.13. The van der Waals surface area contributed by atoms with Crippen molar-refractivity contribution in [3.05, 3.63) is 82.8 Å². The highest BCUT2D eigenvalue weighted by atomic mass is 35.5. The summed E-state index contributed by atoms with van der Waals surface area (Å²) in [6, 6.07) is 10.7. The fraction of sp³-hybridized carbons (Fsp3) is 0.0952. The fourth-order valence-electron chi connectivity index (χ4n) is 2.57. The van der Waals surface area contributed by atoms with Crippen LogP contribution in [0, 0.1) is 5.82 Å². The molecule has 32 heavy (non-hydrogen) atoms. The summed E-state index contributed by atoms with van der Waals surface area (Å²) < 4.78 is 57.4. The van der Waals surface area contributed by atoms with Crippen molar-refractivity contribution in [3.63, 3.8) is 0 Å². The minimum Gasteiger partial charge on any atom is -0.452 e. The summed E-state index contributed by atoms with van der Waals surface area (Å²) in [6.45, 7) is -0.737. The molecular formula is C21H14ClF4N3O3. The normalized spacial score (nSPS) is 11.0. The molecule has 1 heterocycles. The third kappa shape index (κ3) is 5.94. The lowest BCUT2D eigenvalue weighted by molar-refractivity contribution is -0.137. The van der Waals surface area contributed by atoms with Gasteiger partial charge < -0.3 is 15.4 Å². The van der Waals surface area contributed by atoms with Crippen LogP contribution in [0.2, 0.25) is 5.02 Å². The van der Waals surface area contributed by atoms with Crippen LogP contribution in [0.4, 0.5) is 34.8 Å². The van der Waals surface area contributed by atoms with E-state index in [0.29, 0.717) is 0 Å². The highest BCUT2D eigenvalue weighted by molar-refractivity contribution is 6.30. The molecule has 0 spiro atoms. The lowest BCUT2D eigenvalue weighted by Crippen LogP contribution is -2.22. The minimum absolute atomic E-state index is 0.0449. The van der Waals surface area contributed by atoms with Gasteiger partial charge in [0.05, 0.1) is 11.3 Å². The molecule has 3 rings (SSSR count). The second-order valence-electron chi connectivity index (χ2n) is 6.35. The van der Waals surface area contributed by atoms with E-state index in [-0.39, 0.29) is 27.8 Å². The van der Waals surface area contributed by atoms with Crippen LogP contribution >= 0.6 is 11.6 Å².